The third-order valence-corrected chi connectivity index (χ3v) is 3.78. The molecule has 0 heterocycles. The van der Waals surface area contributed by atoms with Crippen molar-refractivity contribution < 1.29 is 0 Å². The molecule has 0 amide bonds. The highest BCUT2D eigenvalue weighted by molar-refractivity contribution is 5.83. The van der Waals surface area contributed by atoms with Crippen LogP contribution >= 0.6 is 0 Å². The molecule has 1 N–H and O–H groups in total. The van der Waals surface area contributed by atoms with E-state index in [1.54, 1.807) is 6.20 Å². The number of para-hydroxylation sites is 1. The largest absolute Gasteiger partial charge is 0.285 e. The Balaban J connectivity index is 2.24. The number of benzene rings is 2. The minimum atomic E-state index is 0.776. The van der Waals surface area contributed by atoms with Gasteiger partial charge in [0.25, 0.3) is 0 Å². The highest BCUT2D eigenvalue weighted by atomic mass is 15.5. The average molecular weight is 321 g/mol. The molecule has 0 radical (unpaired) electrons. The number of rotatable bonds is 8. The Labute approximate surface area is 145 Å². The Bertz CT molecular complexity index is 662. The van der Waals surface area contributed by atoms with Crippen LogP contribution < -0.4 is 10.4 Å². The van der Waals surface area contributed by atoms with Crippen LogP contribution in [0, 0.1) is 0 Å². The number of aliphatic imine (C=N–C) groups is 1. The molecule has 0 bridgehead atoms. The molecule has 3 heteroatoms. The van der Waals surface area contributed by atoms with Crippen molar-refractivity contribution in [2.75, 3.05) is 5.01 Å². The molecule has 2 rings (SSSR count). The summed E-state index contributed by atoms with van der Waals surface area (Å²) in [6.07, 6.45) is 4.68. The van der Waals surface area contributed by atoms with Gasteiger partial charge in [-0.3, -0.25) is 10.4 Å². The topological polar surface area (TPSA) is 27.6 Å². The minimum absolute atomic E-state index is 0.776. The molecule has 0 unspecified atom stereocenters. The first-order valence-corrected chi connectivity index (χ1v) is 8.61. The number of hydrazine groups is 1. The highest BCUT2D eigenvalue weighted by Gasteiger charge is 2.09. The van der Waals surface area contributed by atoms with Crippen molar-refractivity contribution >= 4 is 11.5 Å². The van der Waals surface area contributed by atoms with Crippen LogP contribution in [0.1, 0.15) is 37.8 Å². The molecule has 0 aromatic heterocycles. The lowest BCUT2D eigenvalue weighted by Crippen LogP contribution is -2.41. The van der Waals surface area contributed by atoms with Crippen LogP contribution in [-0.4, -0.2) is 5.84 Å². The number of anilines is 1. The summed E-state index contributed by atoms with van der Waals surface area (Å²) < 4.78 is 0. The Morgan fingerprint density at radius 1 is 1.08 bits per heavy atom. The van der Waals surface area contributed by atoms with E-state index in [1.807, 2.05) is 18.2 Å². The van der Waals surface area contributed by atoms with Gasteiger partial charge in [-0.2, -0.15) is 0 Å². The second-order valence-electron chi connectivity index (χ2n) is 5.72. The number of amidine groups is 1. The smallest absolute Gasteiger partial charge is 0.120 e. The molecule has 0 aliphatic carbocycles. The third-order valence-electron chi connectivity index (χ3n) is 3.78. The molecular formula is C21H27N3. The monoisotopic (exact) mass is 321 g/mol. The van der Waals surface area contributed by atoms with Gasteiger partial charge in [-0.05, 0) is 29.7 Å². The molecule has 24 heavy (non-hydrogen) atoms. The lowest BCUT2D eigenvalue weighted by atomic mass is 10.1. The van der Waals surface area contributed by atoms with Crippen molar-refractivity contribution in [1.29, 1.82) is 0 Å². The van der Waals surface area contributed by atoms with Gasteiger partial charge >= 0.3 is 0 Å². The van der Waals surface area contributed by atoms with E-state index in [0.29, 0.717) is 0 Å². The minimum Gasteiger partial charge on any atom is -0.285 e. The predicted molar refractivity (Wildman–Crippen MR) is 104 cm³/mol. The van der Waals surface area contributed by atoms with Crippen molar-refractivity contribution in [3.63, 3.8) is 0 Å². The molecule has 0 aliphatic rings. The van der Waals surface area contributed by atoms with Gasteiger partial charge in [0.15, 0.2) is 0 Å². The fourth-order valence-corrected chi connectivity index (χ4v) is 2.62. The highest BCUT2D eigenvalue weighted by Crippen LogP contribution is 2.16. The Kier molecular flexibility index (Phi) is 7.09. The maximum atomic E-state index is 4.32. The van der Waals surface area contributed by atoms with Crippen molar-refractivity contribution in [3.05, 3.63) is 78.5 Å². The van der Waals surface area contributed by atoms with Gasteiger partial charge < -0.3 is 0 Å². The first kappa shape index (κ1) is 17.8. The van der Waals surface area contributed by atoms with E-state index in [0.717, 1.165) is 37.3 Å². The van der Waals surface area contributed by atoms with E-state index in [9.17, 15) is 0 Å². The molecular weight excluding hydrogens is 294 g/mol. The summed E-state index contributed by atoms with van der Waals surface area (Å²) >= 11 is 0. The lowest BCUT2D eigenvalue weighted by Gasteiger charge is -2.27. The summed E-state index contributed by atoms with van der Waals surface area (Å²) in [5, 5.41) is 2.14. The number of hydrogen-bond donors (Lipinski definition) is 1. The van der Waals surface area contributed by atoms with E-state index >= 15 is 0 Å². The molecule has 2 aromatic carbocycles. The Morgan fingerprint density at radius 2 is 1.83 bits per heavy atom. The van der Waals surface area contributed by atoms with Crippen molar-refractivity contribution in [2.24, 2.45) is 4.99 Å². The summed E-state index contributed by atoms with van der Waals surface area (Å²) in [6, 6.07) is 19.1. The second kappa shape index (κ2) is 9.56. The molecule has 126 valence electrons. The maximum absolute atomic E-state index is 4.32. The van der Waals surface area contributed by atoms with Gasteiger partial charge in [-0.1, -0.05) is 69.3 Å². The van der Waals surface area contributed by atoms with Crippen molar-refractivity contribution in [3.8, 4) is 0 Å². The standard InChI is InChI=1S/C21H27N3/c1-4-11-18-12-10-13-19(16-18)17-24(20-14-8-7-9-15-20)23-21(5-2)22-6-3/h6-10,12-16H,3-5,11,17H2,1-2H3,(H,22,23). The molecule has 3 nitrogen and oxygen atoms in total. The van der Waals surface area contributed by atoms with E-state index < -0.39 is 0 Å². The SMILES string of the molecule is C=CN=C(CC)NN(Cc1cccc(CCC)c1)c1ccccc1. The zero-order valence-corrected chi connectivity index (χ0v) is 14.7. The Hall–Kier alpha value is -2.55. The molecule has 0 fully saturated rings. The number of nitrogens with zero attached hydrogens (tertiary/aromatic N) is 2. The summed E-state index contributed by atoms with van der Waals surface area (Å²) in [6.45, 7) is 8.77. The number of aryl methyl sites for hydroxylation is 1. The lowest BCUT2D eigenvalue weighted by molar-refractivity contribution is 0.751. The summed E-state index contributed by atoms with van der Waals surface area (Å²) in [4.78, 5) is 4.32. The summed E-state index contributed by atoms with van der Waals surface area (Å²) in [5.74, 6) is 0.901. The van der Waals surface area contributed by atoms with Crippen LogP contribution in [-0.2, 0) is 13.0 Å². The quantitative estimate of drug-likeness (QED) is 0.416. The number of hydrogen-bond acceptors (Lipinski definition) is 2. The van der Waals surface area contributed by atoms with Gasteiger partial charge in [0, 0.05) is 12.6 Å². The van der Waals surface area contributed by atoms with E-state index in [2.05, 4.69) is 72.3 Å². The molecule has 0 spiro atoms. The van der Waals surface area contributed by atoms with E-state index in [1.165, 1.54) is 11.1 Å². The average Bonchev–Trinajstić information content (AvgIpc) is 2.62. The van der Waals surface area contributed by atoms with Gasteiger partial charge in [0.05, 0.1) is 12.2 Å². The molecule has 0 atom stereocenters. The first-order valence-electron chi connectivity index (χ1n) is 8.61. The predicted octanol–water partition coefficient (Wildman–Crippen LogP) is 5.10. The van der Waals surface area contributed by atoms with Gasteiger partial charge in [-0.25, -0.2) is 4.99 Å². The molecule has 0 aliphatic heterocycles. The normalized spacial score (nSPS) is 11.2. The fourth-order valence-electron chi connectivity index (χ4n) is 2.62. The first-order chi connectivity index (χ1) is 11.8. The molecule has 0 saturated heterocycles. The Morgan fingerprint density at radius 3 is 2.50 bits per heavy atom. The van der Waals surface area contributed by atoms with E-state index in [-0.39, 0.29) is 0 Å². The fraction of sp³-hybridized carbons (Fsp3) is 0.286. The van der Waals surface area contributed by atoms with Crippen LogP contribution in [0.25, 0.3) is 0 Å². The maximum Gasteiger partial charge on any atom is 0.120 e. The molecule has 0 saturated carbocycles. The zero-order valence-electron chi connectivity index (χ0n) is 14.7. The van der Waals surface area contributed by atoms with Crippen LogP contribution in [0.15, 0.2) is 72.4 Å². The van der Waals surface area contributed by atoms with Gasteiger partial charge in [0.1, 0.15) is 5.84 Å². The van der Waals surface area contributed by atoms with Crippen molar-refractivity contribution in [1.82, 2.24) is 5.43 Å². The van der Waals surface area contributed by atoms with Crippen LogP contribution in [0.5, 0.6) is 0 Å². The molecule has 2 aromatic rings. The third kappa shape index (κ3) is 5.27. The van der Waals surface area contributed by atoms with Gasteiger partial charge in [-0.15, -0.1) is 0 Å². The zero-order chi connectivity index (χ0) is 17.2. The van der Waals surface area contributed by atoms with Crippen LogP contribution in [0.4, 0.5) is 5.69 Å². The van der Waals surface area contributed by atoms with Crippen molar-refractivity contribution in [2.45, 2.75) is 39.7 Å². The van der Waals surface area contributed by atoms with Crippen LogP contribution in [0.3, 0.4) is 0 Å². The second-order valence-corrected chi connectivity index (χ2v) is 5.72. The summed E-state index contributed by atoms with van der Waals surface area (Å²) in [7, 11) is 0. The summed E-state index contributed by atoms with van der Waals surface area (Å²) in [5.41, 5.74) is 7.22. The van der Waals surface area contributed by atoms with Gasteiger partial charge in [0.2, 0.25) is 0 Å². The van der Waals surface area contributed by atoms with E-state index in [4.69, 9.17) is 0 Å². The van der Waals surface area contributed by atoms with Crippen LogP contribution in [0.2, 0.25) is 0 Å². The number of nitrogens with one attached hydrogen (secondary N) is 1.